The zero-order chi connectivity index (χ0) is 15.5. The van der Waals surface area contributed by atoms with Gasteiger partial charge in [0, 0.05) is 24.5 Å². The Morgan fingerprint density at radius 1 is 1.41 bits per heavy atom. The lowest BCUT2D eigenvalue weighted by Gasteiger charge is -2.21. The topological polar surface area (TPSA) is 42.4 Å². The Bertz CT molecular complexity index is 645. The van der Waals surface area contributed by atoms with Crippen LogP contribution >= 0.6 is 11.3 Å². The van der Waals surface area contributed by atoms with Gasteiger partial charge in [0.15, 0.2) is 5.13 Å². The van der Waals surface area contributed by atoms with Crippen LogP contribution in [0.25, 0.3) is 11.3 Å². The molecule has 0 saturated carbocycles. The predicted molar refractivity (Wildman–Crippen MR) is 89.3 cm³/mol. The molecule has 0 aliphatic carbocycles. The molecule has 1 aliphatic heterocycles. The van der Waals surface area contributed by atoms with Gasteiger partial charge in [-0.1, -0.05) is 29.8 Å². The first-order valence-electron chi connectivity index (χ1n) is 7.56. The molecule has 2 heterocycles. The Labute approximate surface area is 134 Å². The third-order valence-corrected chi connectivity index (χ3v) is 4.72. The number of rotatable bonds is 4. The number of hydrogen-bond donors (Lipinski definition) is 0. The monoisotopic (exact) mass is 316 g/mol. The lowest BCUT2D eigenvalue weighted by atomic mass is 10.1. The maximum Gasteiger partial charge on any atom is 0.225 e. The van der Waals surface area contributed by atoms with Gasteiger partial charge in [0.05, 0.1) is 18.3 Å². The molecule has 116 valence electrons. The zero-order valence-corrected chi connectivity index (χ0v) is 13.7. The molecular formula is C17H20N2O2S. The Morgan fingerprint density at radius 2 is 2.18 bits per heavy atom. The number of carbonyl (C=O) groups is 1. The van der Waals surface area contributed by atoms with E-state index in [2.05, 4.69) is 36.2 Å². The van der Waals surface area contributed by atoms with Crippen LogP contribution < -0.4 is 4.90 Å². The quantitative estimate of drug-likeness (QED) is 0.864. The molecule has 1 aromatic carbocycles. The second kappa shape index (κ2) is 6.58. The van der Waals surface area contributed by atoms with Gasteiger partial charge < -0.3 is 4.74 Å². The highest BCUT2D eigenvalue weighted by atomic mass is 32.1. The van der Waals surface area contributed by atoms with E-state index < -0.39 is 0 Å². The number of nitrogens with zero attached hydrogens (tertiary/aromatic N) is 2. The third-order valence-electron chi connectivity index (χ3n) is 3.86. The molecule has 1 amide bonds. The molecule has 1 fully saturated rings. The number of benzene rings is 1. The molecule has 0 radical (unpaired) electrons. The standard InChI is InChI=1S/C17H20N2O2S/c1-12-5-7-14(8-6-12)16-11-22-17(18-16)19(13(2)20)10-15-4-3-9-21-15/h5-8,11,15H,3-4,9-10H2,1-2H3. The molecule has 0 N–H and O–H groups in total. The summed E-state index contributed by atoms with van der Waals surface area (Å²) in [5.74, 6) is 0.0142. The van der Waals surface area contributed by atoms with Gasteiger partial charge in [-0.2, -0.15) is 0 Å². The minimum atomic E-state index is 0.0142. The second-order valence-corrected chi connectivity index (χ2v) is 6.48. The highest BCUT2D eigenvalue weighted by Crippen LogP contribution is 2.28. The van der Waals surface area contributed by atoms with Gasteiger partial charge in [0.25, 0.3) is 0 Å². The first-order valence-corrected chi connectivity index (χ1v) is 8.44. The van der Waals surface area contributed by atoms with E-state index in [1.165, 1.54) is 16.9 Å². The van der Waals surface area contributed by atoms with Crippen LogP contribution in [0.5, 0.6) is 0 Å². The second-order valence-electron chi connectivity index (χ2n) is 5.65. The minimum Gasteiger partial charge on any atom is -0.376 e. The lowest BCUT2D eigenvalue weighted by molar-refractivity contribution is -0.116. The van der Waals surface area contributed by atoms with E-state index in [1.54, 1.807) is 11.8 Å². The van der Waals surface area contributed by atoms with Crippen LogP contribution in [0.3, 0.4) is 0 Å². The molecule has 1 aliphatic rings. The van der Waals surface area contributed by atoms with Crippen molar-refractivity contribution in [1.29, 1.82) is 0 Å². The number of ether oxygens (including phenoxy) is 1. The van der Waals surface area contributed by atoms with Crippen molar-refractivity contribution in [2.75, 3.05) is 18.1 Å². The molecule has 4 nitrogen and oxygen atoms in total. The number of carbonyl (C=O) groups excluding carboxylic acids is 1. The van der Waals surface area contributed by atoms with Crippen molar-refractivity contribution in [2.45, 2.75) is 32.8 Å². The maximum atomic E-state index is 12.0. The number of anilines is 1. The van der Waals surface area contributed by atoms with Crippen molar-refractivity contribution in [1.82, 2.24) is 4.98 Å². The Hall–Kier alpha value is -1.72. The van der Waals surface area contributed by atoms with Gasteiger partial charge in [-0.25, -0.2) is 4.98 Å². The molecule has 0 spiro atoms. The van der Waals surface area contributed by atoms with E-state index in [1.807, 2.05) is 5.38 Å². The van der Waals surface area contributed by atoms with Crippen LogP contribution in [-0.2, 0) is 9.53 Å². The normalized spacial score (nSPS) is 17.6. The van der Waals surface area contributed by atoms with Crippen LogP contribution in [0.4, 0.5) is 5.13 Å². The highest BCUT2D eigenvalue weighted by Gasteiger charge is 2.23. The molecule has 22 heavy (non-hydrogen) atoms. The van der Waals surface area contributed by atoms with E-state index in [0.717, 1.165) is 35.8 Å². The van der Waals surface area contributed by atoms with Gasteiger partial charge in [-0.15, -0.1) is 11.3 Å². The molecule has 1 aromatic heterocycles. The SMILES string of the molecule is CC(=O)N(CC1CCCO1)c1nc(-c2ccc(C)cc2)cs1. The zero-order valence-electron chi connectivity index (χ0n) is 12.9. The summed E-state index contributed by atoms with van der Waals surface area (Å²) < 4.78 is 5.64. The van der Waals surface area contributed by atoms with E-state index in [0.29, 0.717) is 6.54 Å². The molecule has 5 heteroatoms. The largest absolute Gasteiger partial charge is 0.376 e. The molecular weight excluding hydrogens is 296 g/mol. The lowest BCUT2D eigenvalue weighted by Crippen LogP contribution is -2.35. The summed E-state index contributed by atoms with van der Waals surface area (Å²) in [4.78, 5) is 18.3. The minimum absolute atomic E-state index is 0.0142. The van der Waals surface area contributed by atoms with Gasteiger partial charge >= 0.3 is 0 Å². The summed E-state index contributed by atoms with van der Waals surface area (Å²) in [5.41, 5.74) is 3.22. The van der Waals surface area contributed by atoms with Crippen LogP contribution in [-0.4, -0.2) is 30.1 Å². The molecule has 1 atom stereocenters. The van der Waals surface area contributed by atoms with E-state index in [4.69, 9.17) is 4.74 Å². The van der Waals surface area contributed by atoms with Gasteiger partial charge in [0.2, 0.25) is 5.91 Å². The van der Waals surface area contributed by atoms with Crippen molar-refractivity contribution in [3.63, 3.8) is 0 Å². The summed E-state index contributed by atoms with van der Waals surface area (Å²) in [5, 5.41) is 2.75. The first kappa shape index (κ1) is 15.2. The third kappa shape index (κ3) is 3.36. The first-order chi connectivity index (χ1) is 10.6. The smallest absolute Gasteiger partial charge is 0.225 e. The van der Waals surface area contributed by atoms with Crippen LogP contribution in [0.2, 0.25) is 0 Å². The Morgan fingerprint density at radius 3 is 2.82 bits per heavy atom. The Kier molecular flexibility index (Phi) is 4.55. The summed E-state index contributed by atoms with van der Waals surface area (Å²) in [6, 6.07) is 8.27. The number of amides is 1. The summed E-state index contributed by atoms with van der Waals surface area (Å²) >= 11 is 1.51. The van der Waals surface area contributed by atoms with Crippen LogP contribution in [0, 0.1) is 6.92 Å². The average Bonchev–Trinajstić information content (AvgIpc) is 3.17. The molecule has 3 rings (SSSR count). The van der Waals surface area contributed by atoms with Crippen LogP contribution in [0.1, 0.15) is 25.3 Å². The number of hydrogen-bond acceptors (Lipinski definition) is 4. The maximum absolute atomic E-state index is 12.0. The van der Waals surface area contributed by atoms with E-state index in [-0.39, 0.29) is 12.0 Å². The van der Waals surface area contributed by atoms with E-state index >= 15 is 0 Å². The van der Waals surface area contributed by atoms with Crippen molar-refractivity contribution in [3.05, 3.63) is 35.2 Å². The van der Waals surface area contributed by atoms with Gasteiger partial charge in [-0.05, 0) is 19.8 Å². The number of aryl methyl sites for hydroxylation is 1. The molecule has 1 saturated heterocycles. The molecule has 2 aromatic rings. The molecule has 0 bridgehead atoms. The average molecular weight is 316 g/mol. The molecule has 1 unspecified atom stereocenters. The number of thiazole rings is 1. The highest BCUT2D eigenvalue weighted by molar-refractivity contribution is 7.14. The Balaban J connectivity index is 1.80. The summed E-state index contributed by atoms with van der Waals surface area (Å²) in [6.07, 6.45) is 2.22. The summed E-state index contributed by atoms with van der Waals surface area (Å²) in [6.45, 7) is 5.04. The van der Waals surface area contributed by atoms with Crippen molar-refractivity contribution < 1.29 is 9.53 Å². The van der Waals surface area contributed by atoms with Gasteiger partial charge in [-0.3, -0.25) is 9.69 Å². The van der Waals surface area contributed by atoms with Crippen LogP contribution in [0.15, 0.2) is 29.6 Å². The fourth-order valence-electron chi connectivity index (χ4n) is 2.58. The van der Waals surface area contributed by atoms with Gasteiger partial charge in [0.1, 0.15) is 0 Å². The summed E-state index contributed by atoms with van der Waals surface area (Å²) in [7, 11) is 0. The fourth-order valence-corrected chi connectivity index (χ4v) is 3.47. The van der Waals surface area contributed by atoms with E-state index in [9.17, 15) is 4.79 Å². The fraction of sp³-hybridized carbons (Fsp3) is 0.412. The number of aromatic nitrogens is 1. The van der Waals surface area contributed by atoms with Crippen molar-refractivity contribution >= 4 is 22.4 Å². The van der Waals surface area contributed by atoms with Crippen molar-refractivity contribution in [3.8, 4) is 11.3 Å². The van der Waals surface area contributed by atoms with Crippen molar-refractivity contribution in [2.24, 2.45) is 0 Å². The predicted octanol–water partition coefficient (Wildman–Crippen LogP) is 3.65.